The van der Waals surface area contributed by atoms with E-state index >= 15 is 0 Å². The minimum Gasteiger partial charge on any atom is -0.472 e. The summed E-state index contributed by atoms with van der Waals surface area (Å²) in [7, 11) is 3.47. The van der Waals surface area contributed by atoms with E-state index in [1.807, 2.05) is 31.9 Å². The number of ether oxygens (including phenoxy) is 2. The van der Waals surface area contributed by atoms with Crippen LogP contribution in [0.2, 0.25) is 0 Å². The Morgan fingerprint density at radius 1 is 1.41 bits per heavy atom. The third-order valence-corrected chi connectivity index (χ3v) is 5.86. The van der Waals surface area contributed by atoms with Gasteiger partial charge in [-0.15, -0.1) is 0 Å². The first kappa shape index (κ1) is 25.6. The monoisotopic (exact) mass is 469 g/mol. The van der Waals surface area contributed by atoms with Gasteiger partial charge in [0, 0.05) is 50.0 Å². The molecule has 1 aliphatic heterocycles. The summed E-state index contributed by atoms with van der Waals surface area (Å²) in [6.45, 7) is 5.24. The van der Waals surface area contributed by atoms with Gasteiger partial charge in [0.15, 0.2) is 0 Å². The number of methoxy groups -OCH3 is 1. The number of benzene rings is 1. The van der Waals surface area contributed by atoms with Crippen LogP contribution in [-0.4, -0.2) is 78.4 Å². The van der Waals surface area contributed by atoms with Crippen molar-refractivity contribution in [1.82, 2.24) is 14.8 Å². The molecule has 0 saturated carbocycles. The van der Waals surface area contributed by atoms with Gasteiger partial charge < -0.3 is 19.5 Å². The van der Waals surface area contributed by atoms with Gasteiger partial charge in [-0.1, -0.05) is 37.0 Å². The van der Waals surface area contributed by atoms with Crippen LogP contribution in [0, 0.1) is 23.6 Å². The summed E-state index contributed by atoms with van der Waals surface area (Å²) in [6, 6.07) is 7.99. The van der Waals surface area contributed by atoms with Crippen LogP contribution < -0.4 is 4.74 Å². The normalized spacial score (nSPS) is 18.9. The van der Waals surface area contributed by atoms with Crippen molar-refractivity contribution < 1.29 is 23.8 Å². The molecule has 1 aromatic heterocycles. The van der Waals surface area contributed by atoms with Gasteiger partial charge in [-0.3, -0.25) is 9.69 Å². The van der Waals surface area contributed by atoms with Crippen molar-refractivity contribution in [2.24, 2.45) is 5.92 Å². The number of aromatic nitrogens is 1. The molecule has 0 saturated heterocycles. The molecule has 8 heteroatoms. The van der Waals surface area contributed by atoms with E-state index in [1.165, 1.54) is 6.07 Å². The predicted octanol–water partition coefficient (Wildman–Crippen LogP) is 2.57. The fraction of sp³-hybridized carbons (Fsp3) is 0.462. The van der Waals surface area contributed by atoms with Crippen LogP contribution in [-0.2, 0) is 11.3 Å². The van der Waals surface area contributed by atoms with E-state index in [1.54, 1.807) is 36.4 Å². The van der Waals surface area contributed by atoms with Gasteiger partial charge in [-0.05, 0) is 26.1 Å². The van der Waals surface area contributed by atoms with Crippen molar-refractivity contribution in [3.05, 3.63) is 59.0 Å². The van der Waals surface area contributed by atoms with E-state index in [-0.39, 0.29) is 48.9 Å². The van der Waals surface area contributed by atoms with Gasteiger partial charge in [-0.25, -0.2) is 9.37 Å². The molecule has 3 rings (SSSR count). The number of amides is 1. The summed E-state index contributed by atoms with van der Waals surface area (Å²) in [4.78, 5) is 21.5. The zero-order valence-corrected chi connectivity index (χ0v) is 20.1. The molecule has 1 aromatic carbocycles. The molecule has 0 bridgehead atoms. The average Bonchev–Trinajstić information content (AvgIpc) is 2.82. The number of carbonyl (C=O) groups is 1. The van der Waals surface area contributed by atoms with Gasteiger partial charge in [0.1, 0.15) is 24.1 Å². The number of aliphatic hydroxyl groups is 1. The number of hydrogen-bond donors (Lipinski definition) is 1. The topological polar surface area (TPSA) is 75.1 Å². The number of carbonyl (C=O) groups excluding carboxylic acids is 1. The molecule has 0 aliphatic carbocycles. The van der Waals surface area contributed by atoms with Crippen LogP contribution in [0.5, 0.6) is 5.88 Å². The highest BCUT2D eigenvalue weighted by atomic mass is 19.1. The number of halogens is 1. The van der Waals surface area contributed by atoms with Crippen molar-refractivity contribution >= 4 is 5.91 Å². The van der Waals surface area contributed by atoms with E-state index in [0.717, 1.165) is 0 Å². The zero-order chi connectivity index (χ0) is 24.7. The standard InChI is InChI=1S/C26H32FN3O4/c1-18-14-30(19(2)17-31)26(32)22-12-20(8-7-11-33-4)13-28-25(22)34-24(18)16-29(3)15-21-9-5-6-10-23(21)27/h5-6,9-10,12-13,18-19,24,31H,11,14-17H2,1-4H3/t18-,19-,24-/m1/s1. The molecule has 1 N–H and O–H groups in total. The van der Waals surface area contributed by atoms with Crippen molar-refractivity contribution in [2.75, 3.05) is 40.5 Å². The number of likely N-dealkylation sites (N-methyl/N-ethyl adjacent to an activating group) is 1. The predicted molar refractivity (Wildman–Crippen MR) is 127 cm³/mol. The van der Waals surface area contributed by atoms with Gasteiger partial charge in [0.25, 0.3) is 5.91 Å². The third kappa shape index (κ3) is 6.32. The Morgan fingerprint density at radius 2 is 2.18 bits per heavy atom. The molecule has 3 atom stereocenters. The van der Waals surface area contributed by atoms with Crippen LogP contribution in [0.3, 0.4) is 0 Å². The molecule has 1 aliphatic rings. The van der Waals surface area contributed by atoms with Gasteiger partial charge >= 0.3 is 0 Å². The Hall–Kier alpha value is -2.99. The van der Waals surface area contributed by atoms with E-state index in [4.69, 9.17) is 9.47 Å². The van der Waals surface area contributed by atoms with E-state index in [0.29, 0.717) is 36.3 Å². The van der Waals surface area contributed by atoms with Crippen molar-refractivity contribution in [3.8, 4) is 17.7 Å². The lowest BCUT2D eigenvalue weighted by Crippen LogP contribution is -2.49. The SMILES string of the molecule is COCC#Cc1cnc2c(c1)C(=O)N([C@H](C)CO)C[C@@H](C)[C@@H](CN(C)Cc1ccccc1F)O2. The summed E-state index contributed by atoms with van der Waals surface area (Å²) in [6.07, 6.45) is 1.26. The highest BCUT2D eigenvalue weighted by molar-refractivity contribution is 5.97. The van der Waals surface area contributed by atoms with Gasteiger partial charge in [-0.2, -0.15) is 0 Å². The van der Waals surface area contributed by atoms with Crippen LogP contribution in [0.15, 0.2) is 36.5 Å². The fourth-order valence-electron chi connectivity index (χ4n) is 3.89. The molecule has 7 nitrogen and oxygen atoms in total. The first-order valence-electron chi connectivity index (χ1n) is 11.3. The molecule has 0 radical (unpaired) electrons. The van der Waals surface area contributed by atoms with Crippen LogP contribution in [0.1, 0.15) is 35.3 Å². The summed E-state index contributed by atoms with van der Waals surface area (Å²) in [5, 5.41) is 9.78. The van der Waals surface area contributed by atoms with E-state index < -0.39 is 0 Å². The van der Waals surface area contributed by atoms with Crippen molar-refractivity contribution in [2.45, 2.75) is 32.5 Å². The molecule has 34 heavy (non-hydrogen) atoms. The summed E-state index contributed by atoms with van der Waals surface area (Å²) in [5.41, 5.74) is 1.48. The molecule has 0 unspecified atom stereocenters. The first-order chi connectivity index (χ1) is 16.3. The molecule has 0 fully saturated rings. The maximum absolute atomic E-state index is 14.1. The van der Waals surface area contributed by atoms with Gasteiger partial charge in [0.05, 0.1) is 12.6 Å². The smallest absolute Gasteiger partial charge is 0.259 e. The highest BCUT2D eigenvalue weighted by Crippen LogP contribution is 2.27. The number of nitrogens with zero attached hydrogens (tertiary/aromatic N) is 3. The van der Waals surface area contributed by atoms with Crippen molar-refractivity contribution in [3.63, 3.8) is 0 Å². The molecule has 1 amide bonds. The molecule has 2 aromatic rings. The zero-order valence-electron chi connectivity index (χ0n) is 20.1. The highest BCUT2D eigenvalue weighted by Gasteiger charge is 2.34. The lowest BCUT2D eigenvalue weighted by atomic mass is 9.99. The average molecular weight is 470 g/mol. The Kier molecular flexibility index (Phi) is 8.99. The molecule has 2 heterocycles. The summed E-state index contributed by atoms with van der Waals surface area (Å²) >= 11 is 0. The van der Waals surface area contributed by atoms with Crippen LogP contribution >= 0.6 is 0 Å². The number of pyridine rings is 1. The van der Waals surface area contributed by atoms with E-state index in [2.05, 4.69) is 16.8 Å². The number of fused-ring (bicyclic) bond motifs is 1. The Morgan fingerprint density at radius 3 is 2.88 bits per heavy atom. The Labute approximate surface area is 200 Å². The van der Waals surface area contributed by atoms with E-state index in [9.17, 15) is 14.3 Å². The molecular formula is C26H32FN3O4. The maximum Gasteiger partial charge on any atom is 0.259 e. The third-order valence-electron chi connectivity index (χ3n) is 5.86. The number of hydrogen-bond acceptors (Lipinski definition) is 6. The molecule has 182 valence electrons. The fourth-order valence-corrected chi connectivity index (χ4v) is 3.89. The Balaban J connectivity index is 1.90. The lowest BCUT2D eigenvalue weighted by Gasteiger charge is -2.37. The summed E-state index contributed by atoms with van der Waals surface area (Å²) < 4.78 is 25.4. The molecule has 0 spiro atoms. The second-order valence-corrected chi connectivity index (χ2v) is 8.72. The number of rotatable bonds is 7. The molecular weight excluding hydrogens is 437 g/mol. The quantitative estimate of drug-likeness (QED) is 0.629. The largest absolute Gasteiger partial charge is 0.472 e. The Bertz CT molecular complexity index is 1050. The van der Waals surface area contributed by atoms with Crippen LogP contribution in [0.25, 0.3) is 0 Å². The second kappa shape index (κ2) is 11.9. The first-order valence-corrected chi connectivity index (χ1v) is 11.3. The van der Waals surface area contributed by atoms with Crippen molar-refractivity contribution in [1.29, 1.82) is 0 Å². The van der Waals surface area contributed by atoms with Crippen LogP contribution in [0.4, 0.5) is 4.39 Å². The minimum atomic E-state index is -0.374. The van der Waals surface area contributed by atoms with Gasteiger partial charge in [0.2, 0.25) is 5.88 Å². The maximum atomic E-state index is 14.1. The summed E-state index contributed by atoms with van der Waals surface area (Å²) in [5.74, 6) is 5.46. The second-order valence-electron chi connectivity index (χ2n) is 8.72. The minimum absolute atomic E-state index is 0.0582. The number of aliphatic hydroxyl groups excluding tert-OH is 1. The lowest BCUT2D eigenvalue weighted by molar-refractivity contribution is 0.0324.